The molecule has 1 aliphatic heterocycles. The smallest absolute Gasteiger partial charge is 0.164 e. The molecule has 2 aromatic heterocycles. The Morgan fingerprint density at radius 3 is 1.41 bits per heavy atom. The van der Waals surface area contributed by atoms with Gasteiger partial charge in [0.1, 0.15) is 0 Å². The highest BCUT2D eigenvalue weighted by molar-refractivity contribution is 7.99. The van der Waals surface area contributed by atoms with Crippen LogP contribution >= 0.6 is 11.8 Å². The molecule has 278 valence electrons. The molecule has 0 saturated carbocycles. The molecule has 0 saturated heterocycles. The second kappa shape index (κ2) is 14.9. The zero-order valence-electron chi connectivity index (χ0n) is 32.2. The lowest BCUT2D eigenvalue weighted by atomic mass is 9.77. The zero-order chi connectivity index (χ0) is 39.1. The molecule has 0 N–H and O–H groups in total. The standard InChI is InChI=1S/C51H38N6S/c1-51(2)41-25-15-16-26-43(41)58-44-32-37(27-28-42(44)51)38-29-39(49-54-45(33-17-7-3-8-18-33)52-46(55-49)34-19-9-4-10-20-34)31-40(30-38)50-56-47(35-21-11-5-12-22-35)53-48(57-50)36-23-13-6-14-24-36/h3-13,15-23,25-32H,14,24H2,1-2H3. The van der Waals surface area contributed by atoms with Crippen LogP contribution in [0.3, 0.4) is 0 Å². The van der Waals surface area contributed by atoms with Crippen LogP contribution in [0.4, 0.5) is 0 Å². The van der Waals surface area contributed by atoms with Crippen LogP contribution in [0.25, 0.3) is 73.6 Å². The lowest BCUT2D eigenvalue weighted by Gasteiger charge is -2.34. The molecule has 6 aromatic carbocycles. The van der Waals surface area contributed by atoms with E-state index >= 15 is 0 Å². The SMILES string of the molecule is CC1(C)c2ccccc2Sc2cc(-c3cc(-c4nc(C5=CC=CCC5)nc(-c5ccccc5)n4)cc(-c4nc(-c5ccccc5)nc(-c5ccccc5)n4)c3)ccc21. The van der Waals surface area contributed by atoms with E-state index in [4.69, 9.17) is 29.9 Å². The van der Waals surface area contributed by atoms with Crippen LogP contribution in [0.2, 0.25) is 0 Å². The summed E-state index contributed by atoms with van der Waals surface area (Å²) in [5.74, 6) is 3.68. The molecule has 0 spiro atoms. The van der Waals surface area contributed by atoms with Crippen molar-refractivity contribution in [2.24, 2.45) is 0 Å². The Kier molecular flexibility index (Phi) is 9.15. The van der Waals surface area contributed by atoms with Gasteiger partial charge in [0.15, 0.2) is 34.9 Å². The molecule has 0 atom stereocenters. The van der Waals surface area contributed by atoms with Crippen LogP contribution in [-0.4, -0.2) is 29.9 Å². The third kappa shape index (κ3) is 6.84. The first-order valence-corrected chi connectivity index (χ1v) is 20.4. The van der Waals surface area contributed by atoms with E-state index in [1.54, 1.807) is 0 Å². The Balaban J connectivity index is 1.20. The summed E-state index contributed by atoms with van der Waals surface area (Å²) < 4.78 is 0. The van der Waals surface area contributed by atoms with Crippen LogP contribution < -0.4 is 0 Å². The van der Waals surface area contributed by atoms with Crippen LogP contribution in [0.5, 0.6) is 0 Å². The Labute approximate surface area is 342 Å². The molecular weight excluding hydrogens is 729 g/mol. The first-order chi connectivity index (χ1) is 28.5. The first-order valence-electron chi connectivity index (χ1n) is 19.6. The summed E-state index contributed by atoms with van der Waals surface area (Å²) in [7, 11) is 0. The maximum absolute atomic E-state index is 5.19. The fraction of sp³-hybridized carbons (Fsp3) is 0.0980. The summed E-state index contributed by atoms with van der Waals surface area (Å²) >= 11 is 1.83. The second-order valence-electron chi connectivity index (χ2n) is 15.1. The minimum Gasteiger partial charge on any atom is -0.209 e. The number of fused-ring (bicyclic) bond motifs is 2. The molecule has 10 rings (SSSR count). The molecule has 0 radical (unpaired) electrons. The number of aromatic nitrogens is 6. The molecule has 7 heteroatoms. The second-order valence-corrected chi connectivity index (χ2v) is 16.2. The average Bonchev–Trinajstić information content (AvgIpc) is 3.29. The van der Waals surface area contributed by atoms with Gasteiger partial charge in [-0.25, -0.2) is 29.9 Å². The van der Waals surface area contributed by atoms with E-state index in [0.29, 0.717) is 34.9 Å². The largest absolute Gasteiger partial charge is 0.209 e. The summed E-state index contributed by atoms with van der Waals surface area (Å²) in [6, 6.07) is 52.4. The van der Waals surface area contributed by atoms with Crippen LogP contribution in [-0.2, 0) is 5.41 Å². The van der Waals surface area contributed by atoms with Crippen LogP contribution in [0, 0.1) is 0 Å². The summed E-state index contributed by atoms with van der Waals surface area (Å²) in [6.45, 7) is 4.64. The number of nitrogens with zero attached hydrogens (tertiary/aromatic N) is 6. The van der Waals surface area contributed by atoms with Gasteiger partial charge in [0.25, 0.3) is 0 Å². The van der Waals surface area contributed by atoms with E-state index in [0.717, 1.165) is 57.4 Å². The summed E-state index contributed by atoms with van der Waals surface area (Å²) in [5.41, 5.74) is 10.2. The maximum atomic E-state index is 5.19. The number of hydrogen-bond acceptors (Lipinski definition) is 7. The van der Waals surface area contributed by atoms with Gasteiger partial charge in [0, 0.05) is 43.0 Å². The number of rotatable bonds is 7. The van der Waals surface area contributed by atoms with Crippen molar-refractivity contribution in [1.29, 1.82) is 0 Å². The molecule has 0 bridgehead atoms. The zero-order valence-corrected chi connectivity index (χ0v) is 33.0. The van der Waals surface area contributed by atoms with Crippen molar-refractivity contribution in [2.75, 3.05) is 0 Å². The summed E-state index contributed by atoms with van der Waals surface area (Å²) in [6.07, 6.45) is 8.19. The van der Waals surface area contributed by atoms with Crippen molar-refractivity contribution in [3.05, 3.63) is 187 Å². The summed E-state index contributed by atoms with van der Waals surface area (Å²) in [4.78, 5) is 33.2. The molecule has 0 fully saturated rings. The van der Waals surface area contributed by atoms with Gasteiger partial charge in [0.05, 0.1) is 0 Å². The topological polar surface area (TPSA) is 77.3 Å². The predicted octanol–water partition coefficient (Wildman–Crippen LogP) is 12.6. The molecule has 0 amide bonds. The van der Waals surface area contributed by atoms with E-state index in [1.807, 2.05) is 103 Å². The monoisotopic (exact) mass is 766 g/mol. The Morgan fingerprint density at radius 1 is 0.414 bits per heavy atom. The van der Waals surface area contributed by atoms with Crippen molar-refractivity contribution in [1.82, 2.24) is 29.9 Å². The van der Waals surface area contributed by atoms with Gasteiger partial charge in [-0.1, -0.05) is 165 Å². The fourth-order valence-electron chi connectivity index (χ4n) is 7.78. The van der Waals surface area contributed by atoms with Gasteiger partial charge >= 0.3 is 0 Å². The Hall–Kier alpha value is -6.83. The molecule has 6 nitrogen and oxygen atoms in total. The van der Waals surface area contributed by atoms with Gasteiger partial charge in [0.2, 0.25) is 0 Å². The number of allylic oxidation sites excluding steroid dienone is 4. The lowest BCUT2D eigenvalue weighted by molar-refractivity contribution is 0.607. The predicted molar refractivity (Wildman–Crippen MR) is 235 cm³/mol. The molecule has 58 heavy (non-hydrogen) atoms. The van der Waals surface area contributed by atoms with Gasteiger partial charge in [-0.05, 0) is 71.0 Å². The third-order valence-corrected chi connectivity index (χ3v) is 12.0. The minimum absolute atomic E-state index is 0.132. The quantitative estimate of drug-likeness (QED) is 0.160. The van der Waals surface area contributed by atoms with E-state index < -0.39 is 0 Å². The van der Waals surface area contributed by atoms with Crippen molar-refractivity contribution in [2.45, 2.75) is 41.9 Å². The Bertz CT molecular complexity index is 2830. The van der Waals surface area contributed by atoms with Gasteiger partial charge < -0.3 is 0 Å². The van der Waals surface area contributed by atoms with Crippen LogP contribution in [0.1, 0.15) is 43.6 Å². The van der Waals surface area contributed by atoms with E-state index in [-0.39, 0.29) is 5.41 Å². The van der Waals surface area contributed by atoms with E-state index in [2.05, 4.69) is 92.7 Å². The maximum Gasteiger partial charge on any atom is 0.164 e. The van der Waals surface area contributed by atoms with Crippen LogP contribution in [0.15, 0.2) is 180 Å². The van der Waals surface area contributed by atoms with Crippen molar-refractivity contribution >= 4 is 17.3 Å². The van der Waals surface area contributed by atoms with Gasteiger partial charge in [-0.3, -0.25) is 0 Å². The van der Waals surface area contributed by atoms with Gasteiger partial charge in [-0.2, -0.15) is 0 Å². The highest BCUT2D eigenvalue weighted by atomic mass is 32.2. The molecule has 2 aliphatic rings. The fourth-order valence-corrected chi connectivity index (χ4v) is 9.22. The normalized spacial score (nSPS) is 14.0. The lowest BCUT2D eigenvalue weighted by Crippen LogP contribution is -2.23. The highest BCUT2D eigenvalue weighted by Crippen LogP contribution is 2.50. The Morgan fingerprint density at radius 2 is 0.879 bits per heavy atom. The minimum atomic E-state index is -0.132. The average molecular weight is 767 g/mol. The van der Waals surface area contributed by atoms with Crippen molar-refractivity contribution in [3.8, 4) is 68.1 Å². The molecular formula is C51H38N6S. The number of hydrogen-bond donors (Lipinski definition) is 0. The van der Waals surface area contributed by atoms with E-state index in [9.17, 15) is 0 Å². The first kappa shape index (κ1) is 35.6. The molecule has 1 aliphatic carbocycles. The number of benzene rings is 6. The molecule has 3 heterocycles. The van der Waals surface area contributed by atoms with Crippen molar-refractivity contribution in [3.63, 3.8) is 0 Å². The molecule has 0 unspecified atom stereocenters. The third-order valence-electron chi connectivity index (χ3n) is 10.9. The summed E-state index contributed by atoms with van der Waals surface area (Å²) in [5, 5.41) is 0. The van der Waals surface area contributed by atoms with Crippen molar-refractivity contribution < 1.29 is 0 Å². The van der Waals surface area contributed by atoms with E-state index in [1.165, 1.54) is 20.9 Å². The molecule has 8 aromatic rings. The van der Waals surface area contributed by atoms with Gasteiger partial charge in [-0.15, -0.1) is 0 Å². The highest BCUT2D eigenvalue weighted by Gasteiger charge is 2.33.